The van der Waals surface area contributed by atoms with E-state index in [0.717, 1.165) is 26.4 Å². The van der Waals surface area contributed by atoms with Crippen molar-refractivity contribution in [3.05, 3.63) is 101 Å². The number of urea groups is 1. The van der Waals surface area contributed by atoms with E-state index in [1.807, 2.05) is 84.4 Å². The van der Waals surface area contributed by atoms with Gasteiger partial charge in [-0.3, -0.25) is 9.69 Å². The van der Waals surface area contributed by atoms with Gasteiger partial charge in [0.15, 0.2) is 0 Å². The van der Waals surface area contributed by atoms with Crippen LogP contribution < -0.4 is 0 Å². The first-order valence-corrected chi connectivity index (χ1v) is 12.1. The Morgan fingerprint density at radius 2 is 1.71 bits per heavy atom. The molecule has 34 heavy (non-hydrogen) atoms. The number of imidazole rings is 1. The van der Waals surface area contributed by atoms with Gasteiger partial charge in [-0.2, -0.15) is 0 Å². The van der Waals surface area contributed by atoms with Crippen LogP contribution in [-0.4, -0.2) is 37.8 Å². The number of aryl methyl sites for hydroxylation is 1. The van der Waals surface area contributed by atoms with Gasteiger partial charge < -0.3 is 9.47 Å². The summed E-state index contributed by atoms with van der Waals surface area (Å²) in [6, 6.07) is 21.6. The normalized spacial score (nSPS) is 18.3. The largest absolute Gasteiger partial charge is 0.337 e. The summed E-state index contributed by atoms with van der Waals surface area (Å²) in [5.74, 6) is -0.184. The molecule has 3 amide bonds. The zero-order valence-corrected chi connectivity index (χ0v) is 20.5. The Morgan fingerprint density at radius 1 is 0.941 bits per heavy atom. The maximum atomic E-state index is 14.0. The Bertz CT molecular complexity index is 1330. The molecule has 172 valence electrons. The van der Waals surface area contributed by atoms with Crippen molar-refractivity contribution in [2.75, 3.05) is 6.54 Å². The molecule has 2 heterocycles. The van der Waals surface area contributed by atoms with Gasteiger partial charge in [0.1, 0.15) is 5.54 Å². The first-order valence-electron chi connectivity index (χ1n) is 11.3. The molecule has 1 atom stereocenters. The number of carbonyl (C=O) groups excluding carboxylic acids is 2. The molecule has 0 N–H and O–H groups in total. The number of aromatic nitrogens is 2. The molecular weight excluding hydrogens is 492 g/mol. The fourth-order valence-corrected chi connectivity index (χ4v) is 5.00. The number of carbonyl (C=O) groups is 2. The van der Waals surface area contributed by atoms with Crippen LogP contribution in [0.3, 0.4) is 0 Å². The Morgan fingerprint density at radius 3 is 2.47 bits per heavy atom. The molecule has 1 aliphatic rings. The highest BCUT2D eigenvalue weighted by Gasteiger charge is 2.55. The summed E-state index contributed by atoms with van der Waals surface area (Å²) in [7, 11) is 0. The molecule has 1 aliphatic heterocycles. The van der Waals surface area contributed by atoms with Crippen LogP contribution in [-0.2, 0) is 23.4 Å². The van der Waals surface area contributed by atoms with E-state index in [1.54, 1.807) is 17.4 Å². The number of benzene rings is 3. The zero-order chi connectivity index (χ0) is 23.7. The lowest BCUT2D eigenvalue weighted by Crippen LogP contribution is -2.44. The van der Waals surface area contributed by atoms with Crippen molar-refractivity contribution in [1.29, 1.82) is 0 Å². The fraction of sp³-hybridized carbons (Fsp3) is 0.222. The van der Waals surface area contributed by atoms with Crippen LogP contribution in [0.15, 0.2) is 89.9 Å². The van der Waals surface area contributed by atoms with Crippen LogP contribution in [0.2, 0.25) is 0 Å². The molecule has 0 radical (unpaired) electrons. The van der Waals surface area contributed by atoms with Crippen molar-refractivity contribution in [2.45, 2.75) is 32.0 Å². The third-order valence-corrected chi connectivity index (χ3v) is 7.12. The van der Waals surface area contributed by atoms with Gasteiger partial charge in [0, 0.05) is 36.5 Å². The third-order valence-electron chi connectivity index (χ3n) is 6.59. The van der Waals surface area contributed by atoms with E-state index in [2.05, 4.69) is 20.9 Å². The summed E-state index contributed by atoms with van der Waals surface area (Å²) >= 11 is 3.47. The van der Waals surface area contributed by atoms with Crippen molar-refractivity contribution in [3.63, 3.8) is 0 Å². The number of nitrogens with zero attached hydrogens (tertiary/aromatic N) is 4. The lowest BCUT2D eigenvalue weighted by Gasteiger charge is -2.33. The van der Waals surface area contributed by atoms with E-state index < -0.39 is 5.54 Å². The predicted molar refractivity (Wildman–Crippen MR) is 135 cm³/mol. The summed E-state index contributed by atoms with van der Waals surface area (Å²) in [6.45, 7) is 3.26. The molecule has 0 spiro atoms. The molecule has 0 bridgehead atoms. The Labute approximate surface area is 206 Å². The Hall–Kier alpha value is -3.45. The van der Waals surface area contributed by atoms with E-state index in [0.29, 0.717) is 26.1 Å². The molecule has 1 fully saturated rings. The second kappa shape index (κ2) is 9.06. The first kappa shape index (κ1) is 22.3. The number of fused-ring (bicyclic) bond motifs is 1. The van der Waals surface area contributed by atoms with Crippen LogP contribution in [0, 0.1) is 0 Å². The highest BCUT2D eigenvalue weighted by Crippen LogP contribution is 2.41. The lowest BCUT2D eigenvalue weighted by atomic mass is 9.86. The van der Waals surface area contributed by atoms with Crippen LogP contribution in [0.5, 0.6) is 0 Å². The molecule has 1 saturated heterocycles. The van der Waals surface area contributed by atoms with Gasteiger partial charge in [-0.05, 0) is 47.4 Å². The fourth-order valence-electron chi connectivity index (χ4n) is 4.74. The summed E-state index contributed by atoms with van der Waals surface area (Å²) in [5.41, 5.74) is 0.703. The minimum Gasteiger partial charge on any atom is -0.337 e. The van der Waals surface area contributed by atoms with Crippen LogP contribution in [0.1, 0.15) is 24.5 Å². The average molecular weight is 517 g/mol. The minimum atomic E-state index is -1.11. The summed E-state index contributed by atoms with van der Waals surface area (Å²) in [4.78, 5) is 34.9. The molecule has 0 aliphatic carbocycles. The maximum Gasteiger partial charge on any atom is 0.328 e. The number of amides is 3. The van der Waals surface area contributed by atoms with Gasteiger partial charge in [0.05, 0.1) is 6.33 Å². The topological polar surface area (TPSA) is 58.4 Å². The third kappa shape index (κ3) is 3.90. The van der Waals surface area contributed by atoms with E-state index >= 15 is 0 Å². The summed E-state index contributed by atoms with van der Waals surface area (Å²) in [5, 5.41) is 2.03. The standard InChI is InChI=1S/C27H25BrN4O2/c1-27(24-9-4-7-21-6-2-3-8-23(21)24)25(33)31(16-5-15-30-17-14-29-19-30)26(34)32(27)18-20-10-12-22(28)13-11-20/h2-4,6-14,17,19H,5,15-16,18H2,1H3. The molecule has 1 aromatic heterocycles. The van der Waals surface area contributed by atoms with Crippen LogP contribution >= 0.6 is 15.9 Å². The number of halogens is 1. The summed E-state index contributed by atoms with van der Waals surface area (Å²) < 4.78 is 2.92. The van der Waals surface area contributed by atoms with Gasteiger partial charge in [-0.15, -0.1) is 0 Å². The van der Waals surface area contributed by atoms with Gasteiger partial charge >= 0.3 is 6.03 Å². The molecular formula is C27H25BrN4O2. The zero-order valence-electron chi connectivity index (χ0n) is 18.9. The first-order chi connectivity index (χ1) is 16.5. The molecule has 5 rings (SSSR count). The quantitative estimate of drug-likeness (QED) is 0.301. The van der Waals surface area contributed by atoms with Crippen molar-refractivity contribution < 1.29 is 9.59 Å². The second-order valence-corrected chi connectivity index (χ2v) is 9.62. The second-order valence-electron chi connectivity index (χ2n) is 8.70. The monoisotopic (exact) mass is 516 g/mol. The number of hydrogen-bond acceptors (Lipinski definition) is 3. The molecule has 3 aromatic carbocycles. The van der Waals surface area contributed by atoms with Gasteiger partial charge in [-0.1, -0.05) is 70.5 Å². The van der Waals surface area contributed by atoms with E-state index in [-0.39, 0.29) is 11.9 Å². The molecule has 4 aromatic rings. The molecule has 0 saturated carbocycles. The smallest absolute Gasteiger partial charge is 0.328 e. The molecule has 6 nitrogen and oxygen atoms in total. The van der Waals surface area contributed by atoms with E-state index in [4.69, 9.17) is 0 Å². The highest BCUT2D eigenvalue weighted by atomic mass is 79.9. The van der Waals surface area contributed by atoms with Gasteiger partial charge in [0.2, 0.25) is 0 Å². The van der Waals surface area contributed by atoms with Crippen LogP contribution in [0.4, 0.5) is 4.79 Å². The van der Waals surface area contributed by atoms with Gasteiger partial charge in [-0.25, -0.2) is 9.78 Å². The van der Waals surface area contributed by atoms with Crippen molar-refractivity contribution in [3.8, 4) is 0 Å². The SMILES string of the molecule is CC1(c2cccc3ccccc23)C(=O)N(CCCn2ccnc2)C(=O)N1Cc1ccc(Br)cc1. The van der Waals surface area contributed by atoms with Crippen LogP contribution in [0.25, 0.3) is 10.8 Å². The number of hydrogen-bond donors (Lipinski definition) is 0. The predicted octanol–water partition coefficient (Wildman–Crippen LogP) is 5.57. The average Bonchev–Trinajstić information content (AvgIpc) is 3.43. The van der Waals surface area contributed by atoms with E-state index in [1.165, 1.54) is 4.90 Å². The minimum absolute atomic E-state index is 0.184. The maximum absolute atomic E-state index is 14.0. The molecule has 1 unspecified atom stereocenters. The number of imide groups is 1. The number of rotatable bonds is 7. The molecule has 7 heteroatoms. The van der Waals surface area contributed by atoms with Crippen molar-refractivity contribution >= 4 is 38.6 Å². The summed E-state index contributed by atoms with van der Waals surface area (Å²) in [6.07, 6.45) is 6.01. The lowest BCUT2D eigenvalue weighted by molar-refractivity contribution is -0.133. The Kier molecular flexibility index (Phi) is 5.96. The highest BCUT2D eigenvalue weighted by molar-refractivity contribution is 9.10. The van der Waals surface area contributed by atoms with Crippen molar-refractivity contribution in [2.24, 2.45) is 0 Å². The Balaban J connectivity index is 1.53. The van der Waals surface area contributed by atoms with Crippen molar-refractivity contribution in [1.82, 2.24) is 19.4 Å². The van der Waals surface area contributed by atoms with Gasteiger partial charge in [0.25, 0.3) is 5.91 Å². The van der Waals surface area contributed by atoms with E-state index in [9.17, 15) is 9.59 Å².